The molecule has 0 saturated heterocycles. The quantitative estimate of drug-likeness (QED) is 0.852. The van der Waals surface area contributed by atoms with Crippen LogP contribution in [0.5, 0.6) is 0 Å². The number of nitrogens with zero attached hydrogens (tertiary/aromatic N) is 1. The molecule has 0 unspecified atom stereocenters. The summed E-state index contributed by atoms with van der Waals surface area (Å²) in [6.07, 6.45) is 1.42. The lowest BCUT2D eigenvalue weighted by Crippen LogP contribution is -2.28. The first kappa shape index (κ1) is 18.6. The third-order valence-electron chi connectivity index (χ3n) is 3.59. The lowest BCUT2D eigenvalue weighted by Gasteiger charge is -2.14. The van der Waals surface area contributed by atoms with E-state index >= 15 is 0 Å². The molecule has 0 radical (unpaired) electrons. The summed E-state index contributed by atoms with van der Waals surface area (Å²) in [4.78, 5) is 16.9. The van der Waals surface area contributed by atoms with Gasteiger partial charge in [0.15, 0.2) is 9.84 Å². The van der Waals surface area contributed by atoms with Crippen molar-refractivity contribution in [3.8, 4) is 0 Å². The number of sulfone groups is 1. The molecule has 5 nitrogen and oxygen atoms in total. The van der Waals surface area contributed by atoms with E-state index < -0.39 is 9.84 Å². The number of amides is 1. The molecule has 0 saturated carbocycles. The minimum absolute atomic E-state index is 0.102. The van der Waals surface area contributed by atoms with Crippen LogP contribution >= 0.6 is 11.3 Å². The number of rotatable bonds is 6. The van der Waals surface area contributed by atoms with Crippen molar-refractivity contribution in [1.29, 1.82) is 0 Å². The van der Waals surface area contributed by atoms with E-state index in [0.29, 0.717) is 5.92 Å². The van der Waals surface area contributed by atoms with Crippen LogP contribution in [0.4, 0.5) is 0 Å². The highest BCUT2D eigenvalue weighted by molar-refractivity contribution is 7.90. The minimum atomic E-state index is -3.21. The molecule has 130 valence electrons. The topological polar surface area (TPSA) is 76.1 Å². The van der Waals surface area contributed by atoms with E-state index in [0.717, 1.165) is 16.3 Å². The Labute approximate surface area is 147 Å². The van der Waals surface area contributed by atoms with Crippen molar-refractivity contribution in [3.05, 3.63) is 45.9 Å². The zero-order valence-corrected chi connectivity index (χ0v) is 15.9. The SMILES string of the molecule is CC(C)c1nc(CC(=O)N[C@@H](C)c2ccc(S(C)(=O)=O)cc2)cs1. The molecule has 1 heterocycles. The minimum Gasteiger partial charge on any atom is -0.349 e. The predicted octanol–water partition coefficient (Wildman–Crippen LogP) is 3.09. The van der Waals surface area contributed by atoms with E-state index in [2.05, 4.69) is 24.1 Å². The molecule has 1 N–H and O–H groups in total. The van der Waals surface area contributed by atoms with Gasteiger partial charge in [0, 0.05) is 17.6 Å². The van der Waals surface area contributed by atoms with Crippen molar-refractivity contribution in [2.75, 3.05) is 6.26 Å². The maximum atomic E-state index is 12.2. The molecule has 0 aliphatic rings. The molecular formula is C17H22N2O3S2. The van der Waals surface area contributed by atoms with Gasteiger partial charge in [0.2, 0.25) is 5.91 Å². The Kier molecular flexibility index (Phi) is 5.77. The van der Waals surface area contributed by atoms with Crippen molar-refractivity contribution in [2.24, 2.45) is 0 Å². The number of hydrogen-bond acceptors (Lipinski definition) is 5. The van der Waals surface area contributed by atoms with Crippen LogP contribution < -0.4 is 5.32 Å². The van der Waals surface area contributed by atoms with Gasteiger partial charge < -0.3 is 5.32 Å². The monoisotopic (exact) mass is 366 g/mol. The molecule has 1 amide bonds. The van der Waals surface area contributed by atoms with Crippen LogP contribution in [0.25, 0.3) is 0 Å². The fraction of sp³-hybridized carbons (Fsp3) is 0.412. The van der Waals surface area contributed by atoms with Crippen molar-refractivity contribution >= 4 is 27.1 Å². The highest BCUT2D eigenvalue weighted by atomic mass is 32.2. The van der Waals surface area contributed by atoms with Crippen molar-refractivity contribution in [3.63, 3.8) is 0 Å². The first-order valence-electron chi connectivity index (χ1n) is 7.70. The van der Waals surface area contributed by atoms with Crippen LogP contribution in [0.3, 0.4) is 0 Å². The first-order chi connectivity index (χ1) is 11.2. The number of carbonyl (C=O) groups is 1. The van der Waals surface area contributed by atoms with E-state index in [1.165, 1.54) is 6.26 Å². The molecule has 7 heteroatoms. The summed E-state index contributed by atoms with van der Waals surface area (Å²) in [7, 11) is -3.21. The van der Waals surface area contributed by atoms with Crippen LogP contribution in [0.1, 0.15) is 49.0 Å². The lowest BCUT2D eigenvalue weighted by molar-refractivity contribution is -0.121. The third kappa shape index (κ3) is 4.88. The Balaban J connectivity index is 1.98. The van der Waals surface area contributed by atoms with Crippen LogP contribution in [-0.4, -0.2) is 25.6 Å². The molecule has 0 aliphatic heterocycles. The molecule has 2 aromatic rings. The first-order valence-corrected chi connectivity index (χ1v) is 10.5. The molecule has 0 aliphatic carbocycles. The van der Waals surface area contributed by atoms with Gasteiger partial charge in [0.1, 0.15) is 0 Å². The molecule has 24 heavy (non-hydrogen) atoms. The second-order valence-electron chi connectivity index (χ2n) is 6.14. The Hall–Kier alpha value is -1.73. The number of aromatic nitrogens is 1. The summed E-state index contributed by atoms with van der Waals surface area (Å²) in [5.74, 6) is 0.259. The van der Waals surface area contributed by atoms with Gasteiger partial charge in [0.25, 0.3) is 0 Å². The second kappa shape index (κ2) is 7.44. The summed E-state index contributed by atoms with van der Waals surface area (Å²) in [5, 5.41) is 5.86. The smallest absolute Gasteiger partial charge is 0.226 e. The molecule has 1 aromatic carbocycles. The standard InChI is InChI=1S/C17H22N2O3S2/c1-11(2)17-19-14(10-23-17)9-16(20)18-12(3)13-5-7-15(8-6-13)24(4,21)22/h5-8,10-12H,9H2,1-4H3,(H,18,20)/t12-/m0/s1. The van der Waals surface area contributed by atoms with Crippen LogP contribution in [0.2, 0.25) is 0 Å². The average molecular weight is 367 g/mol. The molecule has 0 spiro atoms. The normalized spacial score (nSPS) is 13.0. The summed E-state index contributed by atoms with van der Waals surface area (Å²) in [6, 6.07) is 6.36. The fourth-order valence-corrected chi connectivity index (χ4v) is 3.68. The highest BCUT2D eigenvalue weighted by Crippen LogP contribution is 2.20. The van der Waals surface area contributed by atoms with Gasteiger partial charge in [-0.25, -0.2) is 13.4 Å². The number of thiazole rings is 1. The van der Waals surface area contributed by atoms with Crippen LogP contribution in [-0.2, 0) is 21.1 Å². The fourth-order valence-electron chi connectivity index (χ4n) is 2.21. The van der Waals surface area contributed by atoms with E-state index in [-0.39, 0.29) is 23.3 Å². The largest absolute Gasteiger partial charge is 0.349 e. The maximum Gasteiger partial charge on any atom is 0.226 e. The molecule has 0 fully saturated rings. The van der Waals surface area contributed by atoms with Crippen molar-refractivity contribution in [2.45, 2.75) is 44.0 Å². The molecular weight excluding hydrogens is 344 g/mol. The van der Waals surface area contributed by atoms with Gasteiger partial charge in [-0.15, -0.1) is 11.3 Å². The Morgan fingerprint density at radius 3 is 2.33 bits per heavy atom. The Bertz CT molecular complexity index is 809. The van der Waals surface area contributed by atoms with Crippen molar-refractivity contribution in [1.82, 2.24) is 10.3 Å². The summed E-state index contributed by atoms with van der Waals surface area (Å²) < 4.78 is 22.9. The number of nitrogens with one attached hydrogen (secondary N) is 1. The van der Waals surface area contributed by atoms with Gasteiger partial charge in [-0.1, -0.05) is 26.0 Å². The van der Waals surface area contributed by atoms with E-state index in [4.69, 9.17) is 0 Å². The third-order valence-corrected chi connectivity index (χ3v) is 5.91. The maximum absolute atomic E-state index is 12.2. The predicted molar refractivity (Wildman–Crippen MR) is 96.0 cm³/mol. The van der Waals surface area contributed by atoms with Gasteiger partial charge in [0.05, 0.1) is 28.1 Å². The average Bonchev–Trinajstić information content (AvgIpc) is 2.95. The second-order valence-corrected chi connectivity index (χ2v) is 9.04. The van der Waals surface area contributed by atoms with E-state index in [9.17, 15) is 13.2 Å². The summed E-state index contributed by atoms with van der Waals surface area (Å²) in [6.45, 7) is 6.02. The number of carbonyl (C=O) groups excluding carboxylic acids is 1. The summed E-state index contributed by atoms with van der Waals surface area (Å²) >= 11 is 1.57. The number of hydrogen-bond donors (Lipinski definition) is 1. The molecule has 2 rings (SSSR count). The van der Waals surface area contributed by atoms with E-state index in [1.54, 1.807) is 35.6 Å². The van der Waals surface area contributed by atoms with Gasteiger partial charge in [-0.2, -0.15) is 0 Å². The van der Waals surface area contributed by atoms with Crippen molar-refractivity contribution < 1.29 is 13.2 Å². The van der Waals surface area contributed by atoms with Gasteiger partial charge in [-0.05, 0) is 24.6 Å². The van der Waals surface area contributed by atoms with E-state index in [1.807, 2.05) is 12.3 Å². The zero-order valence-electron chi connectivity index (χ0n) is 14.2. The Morgan fingerprint density at radius 2 is 1.83 bits per heavy atom. The zero-order chi connectivity index (χ0) is 17.9. The van der Waals surface area contributed by atoms with Crippen LogP contribution in [0.15, 0.2) is 34.5 Å². The summed E-state index contributed by atoms with van der Waals surface area (Å²) in [5.41, 5.74) is 1.64. The molecule has 1 aromatic heterocycles. The Morgan fingerprint density at radius 1 is 1.21 bits per heavy atom. The molecule has 0 bridgehead atoms. The van der Waals surface area contributed by atoms with Gasteiger partial charge in [-0.3, -0.25) is 4.79 Å². The van der Waals surface area contributed by atoms with Gasteiger partial charge >= 0.3 is 0 Å². The number of benzene rings is 1. The van der Waals surface area contributed by atoms with Crippen LogP contribution in [0, 0.1) is 0 Å². The highest BCUT2D eigenvalue weighted by Gasteiger charge is 2.14. The lowest BCUT2D eigenvalue weighted by atomic mass is 10.1. The molecule has 1 atom stereocenters.